The Labute approximate surface area is 117 Å². The molecule has 1 aromatic heterocycles. The monoisotopic (exact) mass is 274 g/mol. The van der Waals surface area contributed by atoms with Crippen LogP contribution in [0.25, 0.3) is 11.3 Å². The van der Waals surface area contributed by atoms with Crippen LogP contribution in [0.15, 0.2) is 30.3 Å². The first-order valence-electron chi connectivity index (χ1n) is 6.54. The lowest BCUT2D eigenvalue weighted by Gasteiger charge is -2.04. The summed E-state index contributed by atoms with van der Waals surface area (Å²) >= 11 is 0. The zero-order chi connectivity index (χ0) is 14.2. The number of carbonyl (C=O) groups excluding carboxylic acids is 1. The van der Waals surface area contributed by atoms with Crippen LogP contribution in [-0.4, -0.2) is 35.0 Å². The highest BCUT2D eigenvalue weighted by Gasteiger charge is 2.09. The second-order valence-corrected chi connectivity index (χ2v) is 4.34. The summed E-state index contributed by atoms with van der Waals surface area (Å²) in [4.78, 5) is 11.0. The lowest BCUT2D eigenvalue weighted by molar-refractivity contribution is -0.140. The van der Waals surface area contributed by atoms with Crippen LogP contribution in [-0.2, 0) is 16.1 Å². The zero-order valence-electron chi connectivity index (χ0n) is 11.4. The number of aromatic amines is 1. The molecule has 0 unspecified atom stereocenters. The van der Waals surface area contributed by atoms with Gasteiger partial charge in [-0.15, -0.1) is 0 Å². The van der Waals surface area contributed by atoms with Crippen molar-refractivity contribution >= 4 is 5.97 Å². The first-order valence-corrected chi connectivity index (χ1v) is 6.54. The van der Waals surface area contributed by atoms with Crippen molar-refractivity contribution in [1.82, 2.24) is 20.7 Å². The van der Waals surface area contributed by atoms with Gasteiger partial charge in [-0.1, -0.05) is 30.3 Å². The van der Waals surface area contributed by atoms with E-state index in [1.165, 1.54) is 7.11 Å². The number of ether oxygens (including phenoxy) is 1. The number of esters is 1. The topological polar surface area (TPSA) is 79.9 Å². The number of nitrogens with zero attached hydrogens (tertiary/aromatic N) is 2. The van der Waals surface area contributed by atoms with E-state index in [0.717, 1.165) is 29.9 Å². The molecular weight excluding hydrogens is 256 g/mol. The maximum atomic E-state index is 11.0. The molecule has 1 aromatic carbocycles. The molecule has 0 aliphatic rings. The fourth-order valence-electron chi connectivity index (χ4n) is 1.87. The van der Waals surface area contributed by atoms with Gasteiger partial charge in [-0.3, -0.25) is 4.79 Å². The third-order valence-electron chi connectivity index (χ3n) is 2.92. The molecule has 0 fully saturated rings. The van der Waals surface area contributed by atoms with Gasteiger partial charge in [0.05, 0.1) is 7.11 Å². The number of hydrogen-bond acceptors (Lipinski definition) is 5. The van der Waals surface area contributed by atoms with Gasteiger partial charge in [-0.25, -0.2) is 0 Å². The second kappa shape index (κ2) is 7.40. The van der Waals surface area contributed by atoms with Gasteiger partial charge >= 0.3 is 5.97 Å². The number of benzene rings is 1. The van der Waals surface area contributed by atoms with Gasteiger partial charge in [0.25, 0.3) is 0 Å². The summed E-state index contributed by atoms with van der Waals surface area (Å²) in [6.07, 6.45) is 1.17. The number of nitrogens with one attached hydrogen (secondary N) is 2. The number of aromatic nitrogens is 3. The fourth-order valence-corrected chi connectivity index (χ4v) is 1.87. The minimum absolute atomic E-state index is 0.182. The van der Waals surface area contributed by atoms with Crippen molar-refractivity contribution in [1.29, 1.82) is 0 Å². The third-order valence-corrected chi connectivity index (χ3v) is 2.92. The second-order valence-electron chi connectivity index (χ2n) is 4.34. The Morgan fingerprint density at radius 1 is 1.30 bits per heavy atom. The summed E-state index contributed by atoms with van der Waals surface area (Å²) in [5, 5.41) is 14.2. The Hall–Kier alpha value is -2.21. The molecule has 20 heavy (non-hydrogen) atoms. The molecule has 0 radical (unpaired) electrons. The lowest BCUT2D eigenvalue weighted by Crippen LogP contribution is -2.16. The SMILES string of the molecule is COC(=O)CCCNCc1n[nH]nc1-c1ccccc1. The van der Waals surface area contributed by atoms with Crippen LogP contribution in [0.5, 0.6) is 0 Å². The van der Waals surface area contributed by atoms with Crippen molar-refractivity contribution in [2.75, 3.05) is 13.7 Å². The van der Waals surface area contributed by atoms with Gasteiger partial charge in [0.1, 0.15) is 11.4 Å². The van der Waals surface area contributed by atoms with Crippen molar-refractivity contribution in [3.8, 4) is 11.3 Å². The Morgan fingerprint density at radius 3 is 2.85 bits per heavy atom. The average molecular weight is 274 g/mol. The molecule has 2 rings (SSSR count). The molecule has 6 heteroatoms. The van der Waals surface area contributed by atoms with Crippen LogP contribution in [0, 0.1) is 0 Å². The van der Waals surface area contributed by atoms with E-state index in [2.05, 4.69) is 25.5 Å². The molecule has 106 valence electrons. The van der Waals surface area contributed by atoms with Crippen LogP contribution in [0.1, 0.15) is 18.5 Å². The summed E-state index contributed by atoms with van der Waals surface area (Å²) in [6, 6.07) is 9.90. The molecule has 0 amide bonds. The van der Waals surface area contributed by atoms with E-state index in [1.54, 1.807) is 0 Å². The molecular formula is C14H18N4O2. The molecule has 0 atom stereocenters. The molecule has 0 aliphatic carbocycles. The molecule has 6 nitrogen and oxygen atoms in total. The van der Waals surface area contributed by atoms with Crippen molar-refractivity contribution in [2.45, 2.75) is 19.4 Å². The molecule has 0 saturated heterocycles. The van der Waals surface area contributed by atoms with Crippen LogP contribution in [0.2, 0.25) is 0 Å². The maximum absolute atomic E-state index is 11.0. The molecule has 0 bridgehead atoms. The largest absolute Gasteiger partial charge is 0.469 e. The lowest BCUT2D eigenvalue weighted by atomic mass is 10.1. The number of H-pyrrole nitrogens is 1. The Morgan fingerprint density at radius 2 is 2.10 bits per heavy atom. The first kappa shape index (κ1) is 14.2. The van der Waals surface area contributed by atoms with Crippen molar-refractivity contribution in [3.05, 3.63) is 36.0 Å². The van der Waals surface area contributed by atoms with E-state index in [4.69, 9.17) is 0 Å². The Balaban J connectivity index is 1.83. The minimum atomic E-state index is -0.182. The van der Waals surface area contributed by atoms with Crippen molar-refractivity contribution in [2.24, 2.45) is 0 Å². The Bertz CT molecular complexity index is 539. The average Bonchev–Trinajstić information content (AvgIpc) is 2.96. The first-order chi connectivity index (χ1) is 9.81. The highest BCUT2D eigenvalue weighted by atomic mass is 16.5. The minimum Gasteiger partial charge on any atom is -0.469 e. The highest BCUT2D eigenvalue weighted by molar-refractivity contribution is 5.69. The summed E-state index contributed by atoms with van der Waals surface area (Å²) < 4.78 is 4.59. The van der Waals surface area contributed by atoms with E-state index < -0.39 is 0 Å². The summed E-state index contributed by atoms with van der Waals surface area (Å²) in [6.45, 7) is 1.35. The van der Waals surface area contributed by atoms with Crippen LogP contribution in [0.4, 0.5) is 0 Å². The predicted octanol–water partition coefficient (Wildman–Crippen LogP) is 1.51. The molecule has 1 heterocycles. The van der Waals surface area contributed by atoms with Gasteiger partial charge in [0.2, 0.25) is 0 Å². The van der Waals surface area contributed by atoms with E-state index in [1.807, 2.05) is 30.3 Å². The zero-order valence-corrected chi connectivity index (χ0v) is 11.4. The number of rotatable bonds is 7. The molecule has 2 N–H and O–H groups in total. The molecule has 0 saturated carbocycles. The third kappa shape index (κ3) is 3.89. The number of hydrogen-bond donors (Lipinski definition) is 2. The smallest absolute Gasteiger partial charge is 0.305 e. The molecule has 2 aromatic rings. The highest BCUT2D eigenvalue weighted by Crippen LogP contribution is 2.18. The molecule has 0 aliphatic heterocycles. The van der Waals surface area contributed by atoms with Gasteiger partial charge in [0.15, 0.2) is 0 Å². The number of methoxy groups -OCH3 is 1. The van der Waals surface area contributed by atoms with E-state index in [0.29, 0.717) is 13.0 Å². The summed E-state index contributed by atoms with van der Waals surface area (Å²) in [5.41, 5.74) is 2.76. The van der Waals surface area contributed by atoms with E-state index in [-0.39, 0.29) is 5.97 Å². The Kier molecular flexibility index (Phi) is 5.25. The van der Waals surface area contributed by atoms with E-state index >= 15 is 0 Å². The predicted molar refractivity (Wildman–Crippen MR) is 74.8 cm³/mol. The van der Waals surface area contributed by atoms with Gasteiger partial charge in [-0.2, -0.15) is 15.4 Å². The van der Waals surface area contributed by atoms with Crippen LogP contribution < -0.4 is 5.32 Å². The van der Waals surface area contributed by atoms with E-state index in [9.17, 15) is 4.79 Å². The van der Waals surface area contributed by atoms with Crippen LogP contribution >= 0.6 is 0 Å². The van der Waals surface area contributed by atoms with Crippen molar-refractivity contribution in [3.63, 3.8) is 0 Å². The summed E-state index contributed by atoms with van der Waals surface area (Å²) in [7, 11) is 1.40. The molecule has 0 spiro atoms. The fraction of sp³-hybridized carbons (Fsp3) is 0.357. The normalized spacial score (nSPS) is 10.4. The maximum Gasteiger partial charge on any atom is 0.305 e. The van der Waals surface area contributed by atoms with Gasteiger partial charge in [-0.05, 0) is 13.0 Å². The van der Waals surface area contributed by atoms with Gasteiger partial charge in [0, 0.05) is 18.5 Å². The standard InChI is InChI=1S/C14H18N4O2/c1-20-13(19)8-5-9-15-10-12-14(17-18-16-12)11-6-3-2-4-7-11/h2-4,6-7,15H,5,8-10H2,1H3,(H,16,17,18). The van der Waals surface area contributed by atoms with Crippen LogP contribution in [0.3, 0.4) is 0 Å². The quantitative estimate of drug-likeness (QED) is 0.591. The number of carbonyl (C=O) groups is 1. The van der Waals surface area contributed by atoms with Gasteiger partial charge < -0.3 is 10.1 Å². The summed E-state index contributed by atoms with van der Waals surface area (Å²) in [5.74, 6) is -0.182. The van der Waals surface area contributed by atoms with Crippen molar-refractivity contribution < 1.29 is 9.53 Å².